The van der Waals surface area contributed by atoms with Gasteiger partial charge in [-0.05, 0) is 75.6 Å². The summed E-state index contributed by atoms with van der Waals surface area (Å²) in [5.74, 6) is 2.70. The van der Waals surface area contributed by atoms with E-state index in [0.717, 1.165) is 28.0 Å². The molecule has 0 saturated heterocycles. The summed E-state index contributed by atoms with van der Waals surface area (Å²) in [5.41, 5.74) is 2.99. The van der Waals surface area contributed by atoms with Gasteiger partial charge < -0.3 is 14.8 Å². The Balaban J connectivity index is 1.43. The van der Waals surface area contributed by atoms with E-state index in [2.05, 4.69) is 24.3 Å². The zero-order valence-corrected chi connectivity index (χ0v) is 18.5. The third-order valence-electron chi connectivity index (χ3n) is 6.70. The molecule has 2 fully saturated rings. The topological polar surface area (TPSA) is 78.3 Å². The number of pyridine rings is 1. The van der Waals surface area contributed by atoms with Crippen molar-refractivity contribution in [2.45, 2.75) is 51.6 Å². The number of rotatable bonds is 6. The molecule has 0 bridgehead atoms. The SMILES string of the molecule is CC(C)n1ncc2c(C(=O)NC(C3CC3)C3CC3)cc(-c3ccc4c(c3)OCCO4)nc21. The van der Waals surface area contributed by atoms with E-state index in [1.54, 1.807) is 6.20 Å². The summed E-state index contributed by atoms with van der Waals surface area (Å²) in [6, 6.07) is 8.15. The van der Waals surface area contributed by atoms with Crippen LogP contribution in [0.3, 0.4) is 0 Å². The molecule has 2 aromatic heterocycles. The maximum absolute atomic E-state index is 13.5. The molecule has 3 heterocycles. The predicted octanol–water partition coefficient (Wildman–Crippen LogP) is 4.37. The third-order valence-corrected chi connectivity index (χ3v) is 6.70. The van der Waals surface area contributed by atoms with Gasteiger partial charge in [0.2, 0.25) is 0 Å². The lowest BCUT2D eigenvalue weighted by molar-refractivity contribution is 0.0928. The van der Waals surface area contributed by atoms with E-state index < -0.39 is 0 Å². The second kappa shape index (κ2) is 7.50. The molecule has 0 radical (unpaired) electrons. The van der Waals surface area contributed by atoms with E-state index in [1.807, 2.05) is 28.9 Å². The lowest BCUT2D eigenvalue weighted by Gasteiger charge is -2.20. The first-order valence-electron chi connectivity index (χ1n) is 11.7. The fourth-order valence-electron chi connectivity index (χ4n) is 4.69. The van der Waals surface area contributed by atoms with Crippen LogP contribution in [0.5, 0.6) is 11.5 Å². The van der Waals surface area contributed by atoms with Crippen molar-refractivity contribution < 1.29 is 14.3 Å². The number of fused-ring (bicyclic) bond motifs is 2. The van der Waals surface area contributed by atoms with Crippen molar-refractivity contribution in [1.29, 1.82) is 0 Å². The summed E-state index contributed by atoms with van der Waals surface area (Å²) in [4.78, 5) is 18.4. The molecule has 3 aliphatic rings. The zero-order valence-electron chi connectivity index (χ0n) is 18.5. The summed E-state index contributed by atoms with van der Waals surface area (Å²) in [7, 11) is 0. The van der Waals surface area contributed by atoms with Crippen molar-refractivity contribution in [2.75, 3.05) is 13.2 Å². The van der Waals surface area contributed by atoms with Crippen LogP contribution in [-0.4, -0.2) is 39.9 Å². The molecule has 0 spiro atoms. The number of hydrogen-bond acceptors (Lipinski definition) is 5. The van der Waals surface area contributed by atoms with Crippen molar-refractivity contribution in [3.05, 3.63) is 36.0 Å². The van der Waals surface area contributed by atoms with Gasteiger partial charge in [0, 0.05) is 17.6 Å². The smallest absolute Gasteiger partial charge is 0.252 e. The fourth-order valence-corrected chi connectivity index (χ4v) is 4.69. The molecule has 3 aromatic rings. The highest BCUT2D eigenvalue weighted by molar-refractivity contribution is 6.06. The molecule has 1 aromatic carbocycles. The monoisotopic (exact) mass is 432 g/mol. The van der Waals surface area contributed by atoms with E-state index in [1.165, 1.54) is 25.7 Å². The minimum atomic E-state index is -0.0247. The fraction of sp³-hybridized carbons (Fsp3) is 0.480. The maximum atomic E-state index is 13.5. The molecule has 2 aliphatic carbocycles. The molecule has 1 aliphatic heterocycles. The lowest BCUT2D eigenvalue weighted by Crippen LogP contribution is -2.38. The molecular formula is C25H28N4O3. The number of ether oxygens (including phenoxy) is 2. The van der Waals surface area contributed by atoms with Crippen LogP contribution in [0.25, 0.3) is 22.3 Å². The first kappa shape index (κ1) is 19.6. The molecule has 6 rings (SSSR count). The molecule has 0 atom stereocenters. The Hall–Kier alpha value is -3.09. The number of carbonyl (C=O) groups excluding carboxylic acids is 1. The van der Waals surface area contributed by atoms with Gasteiger partial charge in [0.25, 0.3) is 5.91 Å². The summed E-state index contributed by atoms with van der Waals surface area (Å²) >= 11 is 0. The van der Waals surface area contributed by atoms with Crippen molar-refractivity contribution in [2.24, 2.45) is 11.8 Å². The molecule has 166 valence electrons. The summed E-state index contributed by atoms with van der Waals surface area (Å²) in [5, 5.41) is 8.71. The van der Waals surface area contributed by atoms with Gasteiger partial charge in [0.15, 0.2) is 17.1 Å². The minimum absolute atomic E-state index is 0.0247. The van der Waals surface area contributed by atoms with Gasteiger partial charge in [-0.1, -0.05) is 0 Å². The molecule has 2 saturated carbocycles. The zero-order chi connectivity index (χ0) is 21.8. The highest BCUT2D eigenvalue weighted by Crippen LogP contribution is 2.44. The van der Waals surface area contributed by atoms with Crippen LogP contribution in [-0.2, 0) is 0 Å². The van der Waals surface area contributed by atoms with Gasteiger partial charge in [-0.3, -0.25) is 4.79 Å². The van der Waals surface area contributed by atoms with E-state index in [9.17, 15) is 4.79 Å². The second-order valence-corrected chi connectivity index (χ2v) is 9.51. The van der Waals surface area contributed by atoms with Crippen LogP contribution < -0.4 is 14.8 Å². The van der Waals surface area contributed by atoms with Crippen molar-refractivity contribution in [3.8, 4) is 22.8 Å². The highest BCUT2D eigenvalue weighted by atomic mass is 16.6. The van der Waals surface area contributed by atoms with E-state index in [-0.39, 0.29) is 11.9 Å². The van der Waals surface area contributed by atoms with Crippen molar-refractivity contribution >= 4 is 16.9 Å². The summed E-state index contributed by atoms with van der Waals surface area (Å²) < 4.78 is 13.3. The molecule has 32 heavy (non-hydrogen) atoms. The first-order valence-corrected chi connectivity index (χ1v) is 11.7. The van der Waals surface area contributed by atoms with Crippen LogP contribution >= 0.6 is 0 Å². The standard InChI is InChI=1S/C25H28N4O3/c1-14(2)29-24-19(13-26-29)18(25(30)28-23(15-3-4-15)16-5-6-16)12-20(27-24)17-7-8-21-22(11-17)32-10-9-31-21/h7-8,11-16,23H,3-6,9-10H2,1-2H3,(H,28,30). The second-order valence-electron chi connectivity index (χ2n) is 9.51. The minimum Gasteiger partial charge on any atom is -0.486 e. The van der Waals surface area contributed by atoms with Crippen molar-refractivity contribution in [3.63, 3.8) is 0 Å². The Labute approximate surface area is 187 Å². The van der Waals surface area contributed by atoms with Gasteiger partial charge in [-0.2, -0.15) is 5.10 Å². The maximum Gasteiger partial charge on any atom is 0.252 e. The summed E-state index contributed by atoms with van der Waals surface area (Å²) in [6.07, 6.45) is 6.66. The van der Waals surface area contributed by atoms with Crippen molar-refractivity contribution in [1.82, 2.24) is 20.1 Å². The average Bonchev–Trinajstić information content (AvgIpc) is 3.73. The number of carbonyl (C=O) groups is 1. The molecule has 7 nitrogen and oxygen atoms in total. The predicted molar refractivity (Wildman–Crippen MR) is 121 cm³/mol. The molecule has 7 heteroatoms. The Kier molecular flexibility index (Phi) is 4.59. The van der Waals surface area contributed by atoms with Gasteiger partial charge in [-0.15, -0.1) is 0 Å². The molecule has 1 amide bonds. The van der Waals surface area contributed by atoms with E-state index >= 15 is 0 Å². The highest BCUT2D eigenvalue weighted by Gasteiger charge is 2.42. The van der Waals surface area contributed by atoms with Gasteiger partial charge in [0.1, 0.15) is 13.2 Å². The lowest BCUT2D eigenvalue weighted by atomic mass is 10.0. The van der Waals surface area contributed by atoms with Gasteiger partial charge in [-0.25, -0.2) is 9.67 Å². The average molecular weight is 433 g/mol. The summed E-state index contributed by atoms with van der Waals surface area (Å²) in [6.45, 7) is 5.22. The van der Waals surface area contributed by atoms with Crippen LogP contribution in [0.15, 0.2) is 30.5 Å². The number of nitrogens with one attached hydrogen (secondary N) is 1. The van der Waals surface area contributed by atoms with Crippen LogP contribution in [0.4, 0.5) is 0 Å². The number of amides is 1. The number of benzene rings is 1. The van der Waals surface area contributed by atoms with E-state index in [0.29, 0.717) is 42.4 Å². The number of nitrogens with zero attached hydrogens (tertiary/aromatic N) is 3. The Morgan fingerprint density at radius 3 is 2.47 bits per heavy atom. The Bertz CT molecular complexity index is 1180. The molecule has 0 unspecified atom stereocenters. The number of hydrogen-bond donors (Lipinski definition) is 1. The first-order chi connectivity index (χ1) is 15.6. The van der Waals surface area contributed by atoms with E-state index in [4.69, 9.17) is 14.5 Å². The van der Waals surface area contributed by atoms with Gasteiger partial charge in [0.05, 0.1) is 22.8 Å². The normalized spacial score (nSPS) is 17.9. The Morgan fingerprint density at radius 2 is 1.78 bits per heavy atom. The van der Waals surface area contributed by atoms with Gasteiger partial charge >= 0.3 is 0 Å². The molecular weight excluding hydrogens is 404 g/mol. The largest absolute Gasteiger partial charge is 0.486 e. The molecule has 1 N–H and O–H groups in total. The third kappa shape index (κ3) is 3.49. The number of aromatic nitrogens is 3. The van der Waals surface area contributed by atoms with Crippen LogP contribution in [0.2, 0.25) is 0 Å². The van der Waals surface area contributed by atoms with Crippen LogP contribution in [0, 0.1) is 11.8 Å². The quantitative estimate of drug-likeness (QED) is 0.626. The Morgan fingerprint density at radius 1 is 1.06 bits per heavy atom. The van der Waals surface area contributed by atoms with Crippen LogP contribution in [0.1, 0.15) is 55.9 Å².